The Hall–Kier alpha value is -3.20. The Kier molecular flexibility index (Phi) is 6.28. The van der Waals surface area contributed by atoms with Gasteiger partial charge in [0.05, 0.1) is 10.5 Å². The molecule has 2 aromatic rings. The molecule has 1 N–H and O–H groups in total. The highest BCUT2D eigenvalue weighted by atomic mass is 32.2. The van der Waals surface area contributed by atoms with Crippen molar-refractivity contribution in [2.24, 2.45) is 0 Å². The van der Waals surface area contributed by atoms with E-state index in [1.54, 1.807) is 43.4 Å². The van der Waals surface area contributed by atoms with Crippen LogP contribution in [-0.2, 0) is 4.79 Å². The second kappa shape index (κ2) is 8.87. The first kappa shape index (κ1) is 20.5. The monoisotopic (exact) mass is 414 g/mol. The number of amides is 3. The van der Waals surface area contributed by atoms with Gasteiger partial charge in [0.2, 0.25) is 0 Å². The van der Waals surface area contributed by atoms with Gasteiger partial charge in [0.15, 0.2) is 0 Å². The highest BCUT2D eigenvalue weighted by molar-refractivity contribution is 8.18. The maximum Gasteiger partial charge on any atom is 0.293 e. The summed E-state index contributed by atoms with van der Waals surface area (Å²) >= 11 is 0.818. The fraction of sp³-hybridized carbons (Fsp3) is 0.200. The number of anilines is 1. The van der Waals surface area contributed by atoms with E-state index in [0.29, 0.717) is 16.9 Å². The van der Waals surface area contributed by atoms with Crippen LogP contribution >= 0.6 is 11.8 Å². The van der Waals surface area contributed by atoms with Gasteiger partial charge in [-0.25, -0.2) is 9.37 Å². The van der Waals surface area contributed by atoms with Crippen molar-refractivity contribution in [1.82, 2.24) is 15.2 Å². The van der Waals surface area contributed by atoms with E-state index in [-0.39, 0.29) is 29.7 Å². The van der Waals surface area contributed by atoms with E-state index in [2.05, 4.69) is 10.3 Å². The van der Waals surface area contributed by atoms with Crippen molar-refractivity contribution in [2.75, 3.05) is 32.1 Å². The molecule has 1 aromatic heterocycles. The number of hydrogen-bond acceptors (Lipinski definition) is 6. The molecule has 0 bridgehead atoms. The second-order valence-corrected chi connectivity index (χ2v) is 7.40. The number of halogens is 1. The topological polar surface area (TPSA) is 82.6 Å². The molecule has 0 aliphatic carbocycles. The van der Waals surface area contributed by atoms with Gasteiger partial charge in [0.25, 0.3) is 17.1 Å². The number of pyridine rings is 1. The molecule has 1 aliphatic heterocycles. The van der Waals surface area contributed by atoms with Crippen molar-refractivity contribution < 1.29 is 18.8 Å². The van der Waals surface area contributed by atoms with E-state index >= 15 is 0 Å². The van der Waals surface area contributed by atoms with Gasteiger partial charge in [-0.2, -0.15) is 0 Å². The van der Waals surface area contributed by atoms with Gasteiger partial charge >= 0.3 is 0 Å². The van der Waals surface area contributed by atoms with Gasteiger partial charge < -0.3 is 10.2 Å². The summed E-state index contributed by atoms with van der Waals surface area (Å²) < 4.78 is 13.0. The van der Waals surface area contributed by atoms with Crippen LogP contribution in [0.25, 0.3) is 6.08 Å². The van der Waals surface area contributed by atoms with Crippen LogP contribution in [0, 0.1) is 5.82 Å². The molecule has 1 fully saturated rings. The van der Waals surface area contributed by atoms with Crippen LogP contribution in [0.5, 0.6) is 0 Å². The fourth-order valence-corrected chi connectivity index (χ4v) is 3.58. The first-order chi connectivity index (χ1) is 13.9. The first-order valence-electron chi connectivity index (χ1n) is 8.78. The van der Waals surface area contributed by atoms with Crippen LogP contribution in [0.2, 0.25) is 0 Å². The summed E-state index contributed by atoms with van der Waals surface area (Å²) in [7, 11) is 3.57. The molecule has 2 heterocycles. The number of aromatic nitrogens is 1. The molecule has 1 saturated heterocycles. The average molecular weight is 414 g/mol. The Morgan fingerprint density at radius 2 is 1.97 bits per heavy atom. The van der Waals surface area contributed by atoms with Gasteiger partial charge in [-0.3, -0.25) is 19.3 Å². The Labute approximate surface area is 171 Å². The number of carbonyl (C=O) groups is 3. The largest absolute Gasteiger partial charge is 0.362 e. The molecule has 7 nitrogen and oxygen atoms in total. The third kappa shape index (κ3) is 4.80. The number of rotatable bonds is 6. The lowest BCUT2D eigenvalue weighted by Gasteiger charge is -2.16. The van der Waals surface area contributed by atoms with E-state index in [1.807, 2.05) is 0 Å². The molecule has 3 rings (SSSR count). The molecule has 0 atom stereocenters. The fourth-order valence-electron chi connectivity index (χ4n) is 2.71. The lowest BCUT2D eigenvalue weighted by Crippen LogP contribution is -2.37. The van der Waals surface area contributed by atoms with Crippen molar-refractivity contribution in [3.63, 3.8) is 0 Å². The normalized spacial score (nSPS) is 15.1. The minimum absolute atomic E-state index is 0.0503. The van der Waals surface area contributed by atoms with Gasteiger partial charge in [-0.1, -0.05) is 12.1 Å². The van der Waals surface area contributed by atoms with Crippen LogP contribution < -0.4 is 10.2 Å². The standard InChI is InChI=1S/C20H19FN4O3S/c1-24(2)17-15(4-3-9-22-17)18(26)23-10-11-25-19(27)16(29-20(25)28)12-13-5-7-14(21)8-6-13/h3-9,12H,10-11H2,1-2H3,(H,23,26)/b16-12-. The van der Waals surface area contributed by atoms with Crippen molar-refractivity contribution in [2.45, 2.75) is 0 Å². The molecule has 0 unspecified atom stereocenters. The zero-order chi connectivity index (χ0) is 21.0. The Bertz CT molecular complexity index is 976. The number of hydrogen-bond donors (Lipinski definition) is 1. The van der Waals surface area contributed by atoms with Gasteiger partial charge in [0.1, 0.15) is 11.6 Å². The van der Waals surface area contributed by atoms with Crippen LogP contribution in [-0.4, -0.2) is 54.1 Å². The summed E-state index contributed by atoms with van der Waals surface area (Å²) in [5, 5.41) is 2.30. The van der Waals surface area contributed by atoms with Crippen LogP contribution in [0.3, 0.4) is 0 Å². The highest BCUT2D eigenvalue weighted by Crippen LogP contribution is 2.31. The molecule has 1 aliphatic rings. The average Bonchev–Trinajstić information content (AvgIpc) is 2.97. The minimum Gasteiger partial charge on any atom is -0.362 e. The smallest absolute Gasteiger partial charge is 0.293 e. The molecule has 0 saturated carbocycles. The number of nitrogens with one attached hydrogen (secondary N) is 1. The third-order valence-electron chi connectivity index (χ3n) is 4.12. The zero-order valence-corrected chi connectivity index (χ0v) is 16.7. The van der Waals surface area contributed by atoms with Crippen LogP contribution in [0.1, 0.15) is 15.9 Å². The lowest BCUT2D eigenvalue weighted by atomic mass is 10.2. The van der Waals surface area contributed by atoms with Crippen LogP contribution in [0.4, 0.5) is 15.0 Å². The minimum atomic E-state index is -0.436. The van der Waals surface area contributed by atoms with Gasteiger partial charge in [-0.15, -0.1) is 0 Å². The quantitative estimate of drug-likeness (QED) is 0.732. The van der Waals surface area contributed by atoms with E-state index in [9.17, 15) is 18.8 Å². The SMILES string of the molecule is CN(C)c1ncccc1C(=O)NCCN1C(=O)S/C(=C\c2ccc(F)cc2)C1=O. The lowest BCUT2D eigenvalue weighted by molar-refractivity contribution is -0.122. The molecule has 0 spiro atoms. The maximum atomic E-state index is 13.0. The predicted octanol–water partition coefficient (Wildman–Crippen LogP) is 2.75. The highest BCUT2D eigenvalue weighted by Gasteiger charge is 2.34. The molecule has 9 heteroatoms. The van der Waals surface area contributed by atoms with Crippen molar-refractivity contribution >= 4 is 40.7 Å². The second-order valence-electron chi connectivity index (χ2n) is 6.41. The number of imide groups is 1. The van der Waals surface area contributed by atoms with Crippen molar-refractivity contribution in [1.29, 1.82) is 0 Å². The number of thioether (sulfide) groups is 1. The molecule has 150 valence electrons. The first-order valence-corrected chi connectivity index (χ1v) is 9.60. The Morgan fingerprint density at radius 3 is 2.66 bits per heavy atom. The Balaban J connectivity index is 1.61. The molecule has 1 aromatic carbocycles. The number of benzene rings is 1. The summed E-state index contributed by atoms with van der Waals surface area (Å²) in [4.78, 5) is 44.3. The predicted molar refractivity (Wildman–Crippen MR) is 110 cm³/mol. The van der Waals surface area contributed by atoms with E-state index in [0.717, 1.165) is 16.7 Å². The third-order valence-corrected chi connectivity index (χ3v) is 5.02. The summed E-state index contributed by atoms with van der Waals surface area (Å²) in [5.74, 6) is -0.625. The van der Waals surface area contributed by atoms with Crippen molar-refractivity contribution in [3.05, 3.63) is 64.4 Å². The van der Waals surface area contributed by atoms with E-state index < -0.39 is 11.1 Å². The zero-order valence-electron chi connectivity index (χ0n) is 15.9. The molecular weight excluding hydrogens is 395 g/mol. The van der Waals surface area contributed by atoms with E-state index in [1.165, 1.54) is 24.3 Å². The number of nitrogens with zero attached hydrogens (tertiary/aromatic N) is 3. The summed E-state index contributed by atoms with van der Waals surface area (Å²) in [6, 6.07) is 8.94. The summed E-state index contributed by atoms with van der Waals surface area (Å²) in [6.45, 7) is 0.164. The van der Waals surface area contributed by atoms with E-state index in [4.69, 9.17) is 0 Å². The number of carbonyl (C=O) groups excluding carboxylic acids is 3. The van der Waals surface area contributed by atoms with Crippen LogP contribution in [0.15, 0.2) is 47.5 Å². The molecule has 29 heavy (non-hydrogen) atoms. The summed E-state index contributed by atoms with van der Waals surface area (Å²) in [6.07, 6.45) is 3.14. The van der Waals surface area contributed by atoms with Crippen molar-refractivity contribution in [3.8, 4) is 0 Å². The summed E-state index contributed by atoms with van der Waals surface area (Å²) in [5.41, 5.74) is 1.03. The molecule has 3 amide bonds. The molecule has 0 radical (unpaired) electrons. The van der Waals surface area contributed by atoms with Gasteiger partial charge in [-0.05, 0) is 47.7 Å². The van der Waals surface area contributed by atoms with Gasteiger partial charge in [0, 0.05) is 33.4 Å². The maximum absolute atomic E-state index is 13.0. The molecular formula is C20H19FN4O3S. The Morgan fingerprint density at radius 1 is 1.24 bits per heavy atom.